The average Bonchev–Trinajstić information content (AvgIpc) is 2.83. The molecule has 5 nitrogen and oxygen atoms in total. The van der Waals surface area contributed by atoms with Crippen LogP contribution in [0.3, 0.4) is 0 Å². The van der Waals surface area contributed by atoms with Crippen LogP contribution in [0.15, 0.2) is 29.0 Å². The highest BCUT2D eigenvalue weighted by Gasteiger charge is 2.23. The van der Waals surface area contributed by atoms with Crippen molar-refractivity contribution >= 4 is 17.9 Å². The number of aromatic nitrogens is 1. The number of rotatable bonds is 2. The van der Waals surface area contributed by atoms with Crippen molar-refractivity contribution < 1.29 is 9.53 Å². The Kier molecular flexibility index (Phi) is 2.53. The highest BCUT2D eigenvalue weighted by Crippen LogP contribution is 2.11. The van der Waals surface area contributed by atoms with Gasteiger partial charge in [0.2, 0.25) is 5.90 Å². The fraction of sp³-hybridized carbons (Fsp3) is 0.200. The van der Waals surface area contributed by atoms with Gasteiger partial charge >= 0.3 is 0 Å². The molecule has 0 saturated heterocycles. The lowest BCUT2D eigenvalue weighted by Crippen LogP contribution is -2.14. The van der Waals surface area contributed by atoms with Crippen LogP contribution in [0.25, 0.3) is 6.08 Å². The molecule has 0 radical (unpaired) electrons. The van der Waals surface area contributed by atoms with E-state index < -0.39 is 0 Å². The van der Waals surface area contributed by atoms with Gasteiger partial charge < -0.3 is 9.72 Å². The number of amides is 1. The van der Waals surface area contributed by atoms with Gasteiger partial charge in [0.05, 0.1) is 6.61 Å². The van der Waals surface area contributed by atoms with Crippen molar-refractivity contribution in [3.63, 3.8) is 0 Å². The Morgan fingerprint density at radius 2 is 2.47 bits per heavy atom. The molecule has 2 rings (SSSR count). The second kappa shape index (κ2) is 4.00. The van der Waals surface area contributed by atoms with E-state index in [0.29, 0.717) is 18.1 Å². The van der Waals surface area contributed by atoms with Crippen molar-refractivity contribution in [2.75, 3.05) is 6.61 Å². The Hall–Kier alpha value is -2.04. The smallest absolute Gasteiger partial charge is 0.277 e. The first-order valence-electron chi connectivity index (χ1n) is 4.67. The van der Waals surface area contributed by atoms with E-state index >= 15 is 0 Å². The average molecular weight is 205 g/mol. The minimum absolute atomic E-state index is 0.243. The second-order valence-corrected chi connectivity index (χ2v) is 2.97. The Bertz CT molecular complexity index is 418. The number of carbonyl (C=O) groups is 1. The molecule has 1 aromatic heterocycles. The summed E-state index contributed by atoms with van der Waals surface area (Å²) in [6, 6.07) is 3.72. The SMILES string of the molecule is CCOC1=NNC(=O)/C1=C/c1ccc[nH]1. The van der Waals surface area contributed by atoms with Crippen LogP contribution in [0.5, 0.6) is 0 Å². The molecule has 2 heterocycles. The standard InChI is InChI=1S/C10H11N3O2/c1-2-15-10-8(9(14)12-13-10)6-7-4-3-5-11-7/h3-6,11H,2H2,1H3,(H,12,14)/b8-6-. The van der Waals surface area contributed by atoms with E-state index in [2.05, 4.69) is 15.5 Å². The van der Waals surface area contributed by atoms with Gasteiger partial charge in [-0.05, 0) is 25.1 Å². The van der Waals surface area contributed by atoms with E-state index in [0.717, 1.165) is 5.69 Å². The molecule has 0 aromatic carbocycles. The van der Waals surface area contributed by atoms with Crippen molar-refractivity contribution in [1.29, 1.82) is 0 Å². The minimum atomic E-state index is -0.243. The molecule has 78 valence electrons. The minimum Gasteiger partial charge on any atom is -0.476 e. The fourth-order valence-electron chi connectivity index (χ4n) is 1.28. The van der Waals surface area contributed by atoms with Gasteiger partial charge in [-0.1, -0.05) is 0 Å². The first-order chi connectivity index (χ1) is 7.31. The number of hydrogen-bond donors (Lipinski definition) is 2. The number of hydrazone groups is 1. The topological polar surface area (TPSA) is 66.5 Å². The zero-order valence-corrected chi connectivity index (χ0v) is 8.28. The van der Waals surface area contributed by atoms with Crippen LogP contribution < -0.4 is 5.43 Å². The Labute approximate surface area is 86.8 Å². The summed E-state index contributed by atoms with van der Waals surface area (Å²) in [5, 5.41) is 3.78. The quantitative estimate of drug-likeness (QED) is 0.704. The molecule has 0 fully saturated rings. The maximum atomic E-state index is 11.4. The summed E-state index contributed by atoms with van der Waals surface area (Å²) < 4.78 is 5.22. The van der Waals surface area contributed by atoms with Crippen LogP contribution in [0.2, 0.25) is 0 Å². The summed E-state index contributed by atoms with van der Waals surface area (Å²) in [7, 11) is 0. The molecule has 0 bridgehead atoms. The predicted molar refractivity (Wildman–Crippen MR) is 56.0 cm³/mol. The Morgan fingerprint density at radius 1 is 1.60 bits per heavy atom. The summed E-state index contributed by atoms with van der Waals surface area (Å²) in [6.45, 7) is 2.33. The molecule has 0 aliphatic carbocycles. The van der Waals surface area contributed by atoms with Crippen molar-refractivity contribution in [3.8, 4) is 0 Å². The number of H-pyrrole nitrogens is 1. The lowest BCUT2D eigenvalue weighted by molar-refractivity contribution is -0.116. The number of nitrogens with one attached hydrogen (secondary N) is 2. The van der Waals surface area contributed by atoms with E-state index in [1.165, 1.54) is 0 Å². The third-order valence-corrected chi connectivity index (χ3v) is 1.94. The molecule has 0 saturated carbocycles. The fourth-order valence-corrected chi connectivity index (χ4v) is 1.28. The summed E-state index contributed by atoms with van der Waals surface area (Å²) in [5.74, 6) is 0.102. The lowest BCUT2D eigenvalue weighted by Gasteiger charge is -2.00. The zero-order valence-electron chi connectivity index (χ0n) is 8.28. The molecule has 0 spiro atoms. The first kappa shape index (κ1) is 9.51. The van der Waals surface area contributed by atoms with Gasteiger partial charge in [-0.3, -0.25) is 4.79 Å². The van der Waals surface area contributed by atoms with Gasteiger partial charge in [0.25, 0.3) is 5.91 Å². The van der Waals surface area contributed by atoms with Gasteiger partial charge in [0.15, 0.2) is 0 Å². The largest absolute Gasteiger partial charge is 0.476 e. The molecule has 0 atom stereocenters. The number of hydrogen-bond acceptors (Lipinski definition) is 3. The summed E-state index contributed by atoms with van der Waals surface area (Å²) >= 11 is 0. The van der Waals surface area contributed by atoms with Crippen molar-refractivity contribution in [1.82, 2.24) is 10.4 Å². The molecule has 1 aliphatic rings. The van der Waals surface area contributed by atoms with Gasteiger partial charge in [0, 0.05) is 11.9 Å². The monoisotopic (exact) mass is 205 g/mol. The van der Waals surface area contributed by atoms with Gasteiger partial charge in [-0.15, -0.1) is 5.10 Å². The number of aromatic amines is 1. The van der Waals surface area contributed by atoms with Crippen molar-refractivity contribution in [2.24, 2.45) is 5.10 Å². The van der Waals surface area contributed by atoms with E-state index in [1.54, 1.807) is 12.3 Å². The summed E-state index contributed by atoms with van der Waals surface area (Å²) in [4.78, 5) is 14.4. The van der Waals surface area contributed by atoms with Gasteiger partial charge in [-0.2, -0.15) is 0 Å². The molecular formula is C10H11N3O2. The number of nitrogens with zero attached hydrogens (tertiary/aromatic N) is 1. The normalized spacial score (nSPS) is 17.8. The van der Waals surface area contributed by atoms with E-state index in [-0.39, 0.29) is 5.91 Å². The van der Waals surface area contributed by atoms with E-state index in [4.69, 9.17) is 4.74 Å². The van der Waals surface area contributed by atoms with Crippen LogP contribution in [0.4, 0.5) is 0 Å². The highest BCUT2D eigenvalue weighted by atomic mass is 16.5. The highest BCUT2D eigenvalue weighted by molar-refractivity contribution is 6.24. The van der Waals surface area contributed by atoms with Crippen LogP contribution >= 0.6 is 0 Å². The third-order valence-electron chi connectivity index (χ3n) is 1.94. The first-order valence-corrected chi connectivity index (χ1v) is 4.67. The molecule has 1 aliphatic heterocycles. The maximum Gasteiger partial charge on any atom is 0.277 e. The van der Waals surface area contributed by atoms with Gasteiger partial charge in [0.1, 0.15) is 5.57 Å². The summed E-state index contributed by atoms with van der Waals surface area (Å²) in [6.07, 6.45) is 3.49. The maximum absolute atomic E-state index is 11.4. The molecule has 5 heteroatoms. The van der Waals surface area contributed by atoms with Crippen LogP contribution in [-0.4, -0.2) is 23.4 Å². The van der Waals surface area contributed by atoms with E-state index in [9.17, 15) is 4.79 Å². The predicted octanol–water partition coefficient (Wildman–Crippen LogP) is 0.878. The number of carbonyl (C=O) groups excluding carboxylic acids is 1. The van der Waals surface area contributed by atoms with E-state index in [1.807, 2.05) is 19.1 Å². The lowest BCUT2D eigenvalue weighted by atomic mass is 10.2. The second-order valence-electron chi connectivity index (χ2n) is 2.97. The number of ether oxygens (including phenoxy) is 1. The summed E-state index contributed by atoms with van der Waals surface area (Å²) in [5.41, 5.74) is 3.64. The molecule has 2 N–H and O–H groups in total. The zero-order chi connectivity index (χ0) is 10.7. The molecule has 15 heavy (non-hydrogen) atoms. The third kappa shape index (κ3) is 1.90. The van der Waals surface area contributed by atoms with Crippen LogP contribution in [0.1, 0.15) is 12.6 Å². The van der Waals surface area contributed by atoms with Crippen LogP contribution in [0, 0.1) is 0 Å². The molecule has 0 unspecified atom stereocenters. The molecule has 1 amide bonds. The molecule has 1 aromatic rings. The van der Waals surface area contributed by atoms with Crippen molar-refractivity contribution in [3.05, 3.63) is 29.6 Å². The van der Waals surface area contributed by atoms with Crippen LogP contribution in [-0.2, 0) is 9.53 Å². The van der Waals surface area contributed by atoms with Crippen molar-refractivity contribution in [2.45, 2.75) is 6.92 Å². The Morgan fingerprint density at radius 3 is 3.13 bits per heavy atom. The van der Waals surface area contributed by atoms with Gasteiger partial charge in [-0.25, -0.2) is 5.43 Å². The molecular weight excluding hydrogens is 194 g/mol. The Balaban J connectivity index is 2.26.